The maximum atomic E-state index is 10.1. The summed E-state index contributed by atoms with van der Waals surface area (Å²) in [6, 6.07) is 4.21. The molecule has 0 fully saturated rings. The number of hydrogen-bond acceptors (Lipinski definition) is 1. The van der Waals surface area contributed by atoms with Crippen LogP contribution >= 0.6 is 0 Å². The van der Waals surface area contributed by atoms with Crippen molar-refractivity contribution < 1.29 is 5.11 Å². The molecule has 0 aliphatic heterocycles. The Kier molecular flexibility index (Phi) is 4.85. The topological polar surface area (TPSA) is 20.2 Å². The van der Waals surface area contributed by atoms with Crippen LogP contribution in [0.15, 0.2) is 12.1 Å². The first kappa shape index (κ1) is 13.1. The molecule has 1 heteroatoms. The number of hydrogen-bond donors (Lipinski definition) is 1. The van der Waals surface area contributed by atoms with E-state index in [-0.39, 0.29) is 0 Å². The van der Waals surface area contributed by atoms with E-state index in [9.17, 15) is 5.11 Å². The molecule has 1 N–H and O–H groups in total. The van der Waals surface area contributed by atoms with Crippen molar-refractivity contribution >= 4 is 0 Å². The highest BCUT2D eigenvalue weighted by atomic mass is 16.3. The molecule has 0 spiro atoms. The minimum absolute atomic E-state index is 0.524. The van der Waals surface area contributed by atoms with Crippen molar-refractivity contribution in [3.05, 3.63) is 28.8 Å². The van der Waals surface area contributed by atoms with Gasteiger partial charge in [0.1, 0.15) is 5.75 Å². The fraction of sp³-hybridized carbons (Fsp3) is 0.600. The van der Waals surface area contributed by atoms with Crippen LogP contribution in [-0.2, 0) is 12.8 Å². The lowest BCUT2D eigenvalue weighted by Crippen LogP contribution is -2.01. The lowest BCUT2D eigenvalue weighted by Gasteiger charge is -2.14. The fourth-order valence-electron chi connectivity index (χ4n) is 2.33. The molecule has 1 unspecified atom stereocenters. The Morgan fingerprint density at radius 1 is 1.19 bits per heavy atom. The molecule has 0 bridgehead atoms. The minimum Gasteiger partial charge on any atom is -0.507 e. The summed E-state index contributed by atoms with van der Waals surface area (Å²) in [4.78, 5) is 0. The van der Waals surface area contributed by atoms with Crippen molar-refractivity contribution in [2.24, 2.45) is 5.92 Å². The third-order valence-corrected chi connectivity index (χ3v) is 3.14. The first-order valence-corrected chi connectivity index (χ1v) is 6.39. The number of phenolic OH excluding ortho intramolecular Hbond substituents is 1. The van der Waals surface area contributed by atoms with E-state index in [1.807, 2.05) is 0 Å². The molecule has 1 aromatic carbocycles. The van der Waals surface area contributed by atoms with E-state index in [0.717, 1.165) is 24.0 Å². The van der Waals surface area contributed by atoms with Gasteiger partial charge in [-0.05, 0) is 36.8 Å². The number of aromatic hydroxyl groups is 1. The minimum atomic E-state index is 0.524. The summed E-state index contributed by atoms with van der Waals surface area (Å²) in [5.74, 6) is 1.18. The highest BCUT2D eigenvalue weighted by Crippen LogP contribution is 2.28. The van der Waals surface area contributed by atoms with Crippen molar-refractivity contribution in [2.45, 2.75) is 53.4 Å². The molecule has 0 saturated heterocycles. The summed E-state index contributed by atoms with van der Waals surface area (Å²) >= 11 is 0. The quantitative estimate of drug-likeness (QED) is 0.787. The third kappa shape index (κ3) is 3.26. The van der Waals surface area contributed by atoms with Crippen molar-refractivity contribution in [3.8, 4) is 5.75 Å². The molecule has 0 aliphatic carbocycles. The second kappa shape index (κ2) is 5.93. The monoisotopic (exact) mass is 220 g/mol. The van der Waals surface area contributed by atoms with E-state index in [2.05, 4.69) is 39.8 Å². The number of phenols is 1. The smallest absolute Gasteiger partial charge is 0.121 e. The molecular formula is C15H24O. The zero-order valence-corrected chi connectivity index (χ0v) is 11.0. The fourth-order valence-corrected chi connectivity index (χ4v) is 2.33. The average Bonchev–Trinajstić information content (AvgIpc) is 2.23. The molecule has 1 aromatic rings. The van der Waals surface area contributed by atoms with Gasteiger partial charge >= 0.3 is 0 Å². The van der Waals surface area contributed by atoms with Gasteiger partial charge in [-0.25, -0.2) is 0 Å². The first-order chi connectivity index (χ1) is 7.58. The van der Waals surface area contributed by atoms with E-state index in [1.165, 1.54) is 18.4 Å². The van der Waals surface area contributed by atoms with Gasteiger partial charge < -0.3 is 5.11 Å². The average molecular weight is 220 g/mol. The molecule has 90 valence electrons. The molecule has 0 amide bonds. The van der Waals surface area contributed by atoms with Gasteiger partial charge in [-0.2, -0.15) is 0 Å². The molecule has 1 rings (SSSR count). The summed E-state index contributed by atoms with van der Waals surface area (Å²) in [5.41, 5.74) is 3.46. The summed E-state index contributed by atoms with van der Waals surface area (Å²) in [5, 5.41) is 10.1. The van der Waals surface area contributed by atoms with Crippen LogP contribution in [0, 0.1) is 12.8 Å². The summed E-state index contributed by atoms with van der Waals surface area (Å²) in [6.45, 7) is 8.67. The zero-order valence-electron chi connectivity index (χ0n) is 11.0. The molecule has 0 heterocycles. The van der Waals surface area contributed by atoms with Gasteiger partial charge in [0.25, 0.3) is 0 Å². The van der Waals surface area contributed by atoms with Crippen molar-refractivity contribution in [1.29, 1.82) is 0 Å². The van der Waals surface area contributed by atoms with E-state index < -0.39 is 0 Å². The van der Waals surface area contributed by atoms with E-state index >= 15 is 0 Å². The Balaban J connectivity index is 2.90. The van der Waals surface area contributed by atoms with Crippen molar-refractivity contribution in [2.75, 3.05) is 0 Å². The molecule has 1 nitrogen and oxygen atoms in total. The van der Waals surface area contributed by atoms with Gasteiger partial charge in [0.05, 0.1) is 0 Å². The first-order valence-electron chi connectivity index (χ1n) is 6.39. The van der Waals surface area contributed by atoms with Gasteiger partial charge in [-0.1, -0.05) is 51.3 Å². The van der Waals surface area contributed by atoms with Crippen LogP contribution in [0.5, 0.6) is 5.75 Å². The Hall–Kier alpha value is -0.980. The SMILES string of the molecule is CCCC(C)Cc1cc(C)cc(CC)c1O. The van der Waals surface area contributed by atoms with Crippen LogP contribution < -0.4 is 0 Å². The Morgan fingerprint density at radius 2 is 1.81 bits per heavy atom. The van der Waals surface area contributed by atoms with E-state index in [0.29, 0.717) is 11.7 Å². The molecule has 0 aliphatic rings. The summed E-state index contributed by atoms with van der Waals surface area (Å²) in [6.07, 6.45) is 4.35. The van der Waals surface area contributed by atoms with Gasteiger partial charge in [0.15, 0.2) is 0 Å². The van der Waals surface area contributed by atoms with Crippen LogP contribution in [0.4, 0.5) is 0 Å². The van der Waals surface area contributed by atoms with Crippen LogP contribution in [0.2, 0.25) is 0 Å². The van der Waals surface area contributed by atoms with Crippen LogP contribution in [0.25, 0.3) is 0 Å². The molecule has 0 aromatic heterocycles. The standard InChI is InChI=1S/C15H24O/c1-5-7-11(3)8-14-10-12(4)9-13(6-2)15(14)16/h9-11,16H,5-8H2,1-4H3. The van der Waals surface area contributed by atoms with Gasteiger partial charge in [0, 0.05) is 0 Å². The maximum absolute atomic E-state index is 10.1. The highest BCUT2D eigenvalue weighted by molar-refractivity contribution is 5.43. The highest BCUT2D eigenvalue weighted by Gasteiger charge is 2.10. The number of rotatable bonds is 5. The predicted molar refractivity (Wildman–Crippen MR) is 70.0 cm³/mol. The third-order valence-electron chi connectivity index (χ3n) is 3.14. The van der Waals surface area contributed by atoms with Crippen LogP contribution in [0.3, 0.4) is 0 Å². The maximum Gasteiger partial charge on any atom is 0.121 e. The molecule has 0 radical (unpaired) electrons. The molecular weight excluding hydrogens is 196 g/mol. The lowest BCUT2D eigenvalue weighted by atomic mass is 9.93. The molecule has 1 atom stereocenters. The molecule has 0 saturated carbocycles. The second-order valence-corrected chi connectivity index (χ2v) is 4.88. The summed E-state index contributed by atoms with van der Waals surface area (Å²) < 4.78 is 0. The largest absolute Gasteiger partial charge is 0.507 e. The van der Waals surface area contributed by atoms with Gasteiger partial charge in [-0.3, -0.25) is 0 Å². The summed E-state index contributed by atoms with van der Waals surface area (Å²) in [7, 11) is 0. The van der Waals surface area contributed by atoms with E-state index in [4.69, 9.17) is 0 Å². The van der Waals surface area contributed by atoms with E-state index in [1.54, 1.807) is 0 Å². The van der Waals surface area contributed by atoms with Gasteiger partial charge in [-0.15, -0.1) is 0 Å². The Morgan fingerprint density at radius 3 is 2.38 bits per heavy atom. The van der Waals surface area contributed by atoms with Gasteiger partial charge in [0.2, 0.25) is 0 Å². The zero-order chi connectivity index (χ0) is 12.1. The molecule has 16 heavy (non-hydrogen) atoms. The Labute approximate surface area is 99.5 Å². The predicted octanol–water partition coefficient (Wildman–Crippen LogP) is 4.24. The normalized spacial score (nSPS) is 12.8. The van der Waals surface area contributed by atoms with Crippen LogP contribution in [0.1, 0.15) is 50.3 Å². The van der Waals surface area contributed by atoms with Crippen LogP contribution in [-0.4, -0.2) is 5.11 Å². The second-order valence-electron chi connectivity index (χ2n) is 4.88. The number of benzene rings is 1. The number of aryl methyl sites for hydroxylation is 2. The van der Waals surface area contributed by atoms with Crippen molar-refractivity contribution in [3.63, 3.8) is 0 Å². The Bertz CT molecular complexity index is 342. The van der Waals surface area contributed by atoms with Crippen molar-refractivity contribution in [1.82, 2.24) is 0 Å². The lowest BCUT2D eigenvalue weighted by molar-refractivity contribution is 0.447.